The Bertz CT molecular complexity index is 1100. The van der Waals surface area contributed by atoms with Gasteiger partial charge in [0.05, 0.1) is 33.2 Å². The molecule has 1 heterocycles. The summed E-state index contributed by atoms with van der Waals surface area (Å²) in [6, 6.07) is 7.70. The fourth-order valence-corrected chi connectivity index (χ4v) is 5.08. The molecule has 3 rings (SSSR count). The zero-order valence-corrected chi connectivity index (χ0v) is 18.4. The molecular formula is C20H22ClN3O6S. The van der Waals surface area contributed by atoms with E-state index in [-0.39, 0.29) is 32.6 Å². The highest BCUT2D eigenvalue weighted by Crippen LogP contribution is 2.30. The summed E-state index contributed by atoms with van der Waals surface area (Å²) in [5.41, 5.74) is -0.242. The van der Waals surface area contributed by atoms with Crippen molar-refractivity contribution in [3.63, 3.8) is 0 Å². The van der Waals surface area contributed by atoms with E-state index in [2.05, 4.69) is 5.32 Å². The zero-order valence-electron chi connectivity index (χ0n) is 16.8. The third-order valence-corrected chi connectivity index (χ3v) is 7.25. The molecule has 1 aliphatic rings. The molecule has 2 aromatic carbocycles. The summed E-state index contributed by atoms with van der Waals surface area (Å²) in [6.45, 7) is 0.859. The van der Waals surface area contributed by atoms with Crippen molar-refractivity contribution < 1.29 is 22.9 Å². The first kappa shape index (κ1) is 23.0. The standard InChI is InChI=1S/C20H22ClN3O6S/c1-30-19-9-7-15(31(28,29)23-10-4-2-3-5-11-23)13-16(19)20(25)22-18-12-14(24(26)27)6-8-17(18)21/h6-9,12-13H,2-5,10-11H2,1H3,(H,22,25). The van der Waals surface area contributed by atoms with Gasteiger partial charge in [-0.1, -0.05) is 24.4 Å². The summed E-state index contributed by atoms with van der Waals surface area (Å²) < 4.78 is 32.9. The van der Waals surface area contributed by atoms with Crippen LogP contribution in [0.5, 0.6) is 5.75 Å². The van der Waals surface area contributed by atoms with E-state index in [9.17, 15) is 23.3 Å². The molecule has 0 radical (unpaired) electrons. The summed E-state index contributed by atoms with van der Waals surface area (Å²) in [7, 11) is -2.43. The number of hydrogen-bond donors (Lipinski definition) is 1. The lowest BCUT2D eigenvalue weighted by Crippen LogP contribution is -2.32. The summed E-state index contributed by atoms with van der Waals surface area (Å²) >= 11 is 6.06. The second-order valence-electron chi connectivity index (χ2n) is 7.06. The van der Waals surface area contributed by atoms with Gasteiger partial charge in [-0.2, -0.15) is 4.31 Å². The fourth-order valence-electron chi connectivity index (χ4n) is 3.37. The largest absolute Gasteiger partial charge is 0.496 e. The minimum atomic E-state index is -3.78. The third-order valence-electron chi connectivity index (χ3n) is 5.03. The molecule has 31 heavy (non-hydrogen) atoms. The first-order valence-electron chi connectivity index (χ1n) is 9.67. The van der Waals surface area contributed by atoms with E-state index in [0.29, 0.717) is 13.1 Å². The van der Waals surface area contributed by atoms with Crippen LogP contribution in [0.25, 0.3) is 0 Å². The molecule has 2 aromatic rings. The molecular weight excluding hydrogens is 446 g/mol. The van der Waals surface area contributed by atoms with Crippen LogP contribution in [0, 0.1) is 10.1 Å². The molecule has 1 aliphatic heterocycles. The summed E-state index contributed by atoms with van der Waals surface area (Å²) in [5.74, 6) is -0.541. The number of sulfonamides is 1. The number of amides is 1. The van der Waals surface area contributed by atoms with Gasteiger partial charge in [0.1, 0.15) is 5.75 Å². The van der Waals surface area contributed by atoms with Crippen LogP contribution in [-0.2, 0) is 10.0 Å². The highest BCUT2D eigenvalue weighted by Gasteiger charge is 2.27. The lowest BCUT2D eigenvalue weighted by atomic mass is 10.1. The molecule has 0 aromatic heterocycles. The number of nitro benzene ring substituents is 1. The second-order valence-corrected chi connectivity index (χ2v) is 9.40. The number of ether oxygens (including phenoxy) is 1. The van der Waals surface area contributed by atoms with Crippen LogP contribution in [-0.4, -0.2) is 43.8 Å². The van der Waals surface area contributed by atoms with E-state index in [1.807, 2.05) is 0 Å². The topological polar surface area (TPSA) is 119 Å². The Hall–Kier alpha value is -2.69. The molecule has 1 saturated heterocycles. The van der Waals surface area contributed by atoms with Crippen LogP contribution < -0.4 is 10.1 Å². The Morgan fingerprint density at radius 2 is 1.81 bits per heavy atom. The van der Waals surface area contributed by atoms with Crippen molar-refractivity contribution in [2.24, 2.45) is 0 Å². The first-order chi connectivity index (χ1) is 14.7. The molecule has 166 valence electrons. The number of halogens is 1. The molecule has 1 amide bonds. The summed E-state index contributed by atoms with van der Waals surface area (Å²) in [4.78, 5) is 23.3. The minimum absolute atomic E-state index is 0.0227. The number of methoxy groups -OCH3 is 1. The zero-order chi connectivity index (χ0) is 22.6. The number of hydrogen-bond acceptors (Lipinski definition) is 6. The third kappa shape index (κ3) is 5.15. The van der Waals surface area contributed by atoms with Gasteiger partial charge in [0, 0.05) is 25.2 Å². The molecule has 9 nitrogen and oxygen atoms in total. The minimum Gasteiger partial charge on any atom is -0.496 e. The highest BCUT2D eigenvalue weighted by atomic mass is 35.5. The average Bonchev–Trinajstić information content (AvgIpc) is 3.04. The Balaban J connectivity index is 1.94. The Morgan fingerprint density at radius 3 is 2.42 bits per heavy atom. The fraction of sp³-hybridized carbons (Fsp3) is 0.350. The van der Waals surface area contributed by atoms with Gasteiger partial charge >= 0.3 is 0 Å². The Labute approximate surface area is 185 Å². The maximum absolute atomic E-state index is 13.1. The van der Waals surface area contributed by atoms with Crippen molar-refractivity contribution in [3.05, 3.63) is 57.1 Å². The van der Waals surface area contributed by atoms with E-state index in [1.165, 1.54) is 41.7 Å². The molecule has 1 fully saturated rings. The van der Waals surface area contributed by atoms with Crippen LogP contribution in [0.2, 0.25) is 5.02 Å². The summed E-state index contributed by atoms with van der Waals surface area (Å²) in [5, 5.41) is 13.6. The molecule has 0 bridgehead atoms. The summed E-state index contributed by atoms with van der Waals surface area (Å²) in [6.07, 6.45) is 3.53. The van der Waals surface area contributed by atoms with Crippen LogP contribution >= 0.6 is 11.6 Å². The lowest BCUT2D eigenvalue weighted by molar-refractivity contribution is -0.384. The van der Waals surface area contributed by atoms with E-state index >= 15 is 0 Å². The lowest BCUT2D eigenvalue weighted by Gasteiger charge is -2.20. The van der Waals surface area contributed by atoms with Crippen LogP contribution in [0.4, 0.5) is 11.4 Å². The molecule has 1 N–H and O–H groups in total. The van der Waals surface area contributed by atoms with Gasteiger partial charge in [0.25, 0.3) is 11.6 Å². The molecule has 0 aliphatic carbocycles. The number of carbonyl (C=O) groups is 1. The van der Waals surface area contributed by atoms with Gasteiger partial charge in [0.2, 0.25) is 10.0 Å². The molecule has 0 atom stereocenters. The van der Waals surface area contributed by atoms with Crippen LogP contribution in [0.1, 0.15) is 36.0 Å². The Morgan fingerprint density at radius 1 is 1.13 bits per heavy atom. The predicted molar refractivity (Wildman–Crippen MR) is 116 cm³/mol. The maximum atomic E-state index is 13.1. The number of nitrogens with one attached hydrogen (secondary N) is 1. The maximum Gasteiger partial charge on any atom is 0.271 e. The van der Waals surface area contributed by atoms with E-state index in [4.69, 9.17) is 16.3 Å². The van der Waals surface area contributed by atoms with E-state index < -0.39 is 20.9 Å². The second kappa shape index (κ2) is 9.63. The van der Waals surface area contributed by atoms with Gasteiger partial charge in [0.15, 0.2) is 0 Å². The number of benzene rings is 2. The molecule has 0 saturated carbocycles. The average molecular weight is 468 g/mol. The number of nitro groups is 1. The van der Waals surface area contributed by atoms with Crippen molar-refractivity contribution in [1.82, 2.24) is 4.31 Å². The number of carbonyl (C=O) groups excluding carboxylic acids is 1. The number of non-ortho nitro benzene ring substituents is 1. The van der Waals surface area contributed by atoms with Gasteiger partial charge in [-0.25, -0.2) is 8.42 Å². The quantitative estimate of drug-likeness (QED) is 0.505. The van der Waals surface area contributed by atoms with E-state index in [1.54, 1.807) is 0 Å². The van der Waals surface area contributed by atoms with Crippen molar-refractivity contribution in [2.45, 2.75) is 30.6 Å². The highest BCUT2D eigenvalue weighted by molar-refractivity contribution is 7.89. The first-order valence-corrected chi connectivity index (χ1v) is 11.5. The van der Waals surface area contributed by atoms with Crippen molar-refractivity contribution in [2.75, 3.05) is 25.5 Å². The SMILES string of the molecule is COc1ccc(S(=O)(=O)N2CCCCCC2)cc1C(=O)Nc1cc([N+](=O)[O-])ccc1Cl. The predicted octanol–water partition coefficient (Wildman–Crippen LogP) is 4.07. The van der Waals surface area contributed by atoms with Gasteiger partial charge in [-0.3, -0.25) is 14.9 Å². The molecule has 11 heteroatoms. The monoisotopic (exact) mass is 467 g/mol. The van der Waals surface area contributed by atoms with Gasteiger partial charge in [-0.15, -0.1) is 0 Å². The smallest absolute Gasteiger partial charge is 0.271 e. The van der Waals surface area contributed by atoms with Crippen molar-refractivity contribution in [3.8, 4) is 5.75 Å². The van der Waals surface area contributed by atoms with Gasteiger partial charge in [-0.05, 0) is 37.1 Å². The van der Waals surface area contributed by atoms with Crippen LogP contribution in [0.15, 0.2) is 41.3 Å². The van der Waals surface area contributed by atoms with Gasteiger partial charge < -0.3 is 10.1 Å². The van der Waals surface area contributed by atoms with Crippen molar-refractivity contribution in [1.29, 1.82) is 0 Å². The Kier molecular flexibility index (Phi) is 7.14. The van der Waals surface area contributed by atoms with Crippen molar-refractivity contribution >= 4 is 38.9 Å². The normalized spacial score (nSPS) is 15.2. The number of rotatable bonds is 6. The van der Waals surface area contributed by atoms with Crippen LogP contribution in [0.3, 0.4) is 0 Å². The van der Waals surface area contributed by atoms with E-state index in [0.717, 1.165) is 31.7 Å². The molecule has 0 spiro atoms. The number of nitrogens with zero attached hydrogens (tertiary/aromatic N) is 2. The molecule has 0 unspecified atom stereocenters. The number of anilines is 1.